The van der Waals surface area contributed by atoms with E-state index in [1.807, 2.05) is 0 Å². The first kappa shape index (κ1) is 7.38. The van der Waals surface area contributed by atoms with Gasteiger partial charge in [0.2, 0.25) is 0 Å². The lowest BCUT2D eigenvalue weighted by molar-refractivity contribution is 0.0305. The van der Waals surface area contributed by atoms with Crippen LogP contribution in [0.15, 0.2) is 0 Å². The quantitative estimate of drug-likeness (QED) is 0.515. The van der Waals surface area contributed by atoms with E-state index in [1.54, 1.807) is 0 Å². The molecule has 0 saturated carbocycles. The van der Waals surface area contributed by atoms with Crippen LogP contribution in [0.3, 0.4) is 0 Å². The van der Waals surface area contributed by atoms with Crippen molar-refractivity contribution in [1.82, 2.24) is 0 Å². The molecule has 1 aliphatic rings. The monoisotopic (exact) mass is 146 g/mol. The highest BCUT2D eigenvalue weighted by atomic mass is 32.1. The van der Waals surface area contributed by atoms with Gasteiger partial charge in [-0.15, -0.1) is 0 Å². The molecule has 2 unspecified atom stereocenters. The summed E-state index contributed by atoms with van der Waals surface area (Å²) in [7, 11) is 0. The summed E-state index contributed by atoms with van der Waals surface area (Å²) < 4.78 is 5.07. The number of hydrogen-bond acceptors (Lipinski definition) is 3. The van der Waals surface area contributed by atoms with E-state index in [4.69, 9.17) is 16.8 Å². The Balaban J connectivity index is 2.35. The molecule has 2 radical (unpaired) electrons. The molecule has 0 aromatic heterocycles. The Morgan fingerprint density at radius 2 is 2.44 bits per heavy atom. The van der Waals surface area contributed by atoms with Gasteiger partial charge < -0.3 is 9.84 Å². The molecule has 1 fully saturated rings. The van der Waals surface area contributed by atoms with E-state index >= 15 is 0 Å². The van der Waals surface area contributed by atoms with Gasteiger partial charge in [-0.1, -0.05) is 0 Å². The van der Waals surface area contributed by atoms with Crippen LogP contribution in [0.2, 0.25) is 0 Å². The van der Waals surface area contributed by atoms with Crippen molar-refractivity contribution in [3.63, 3.8) is 0 Å². The van der Waals surface area contributed by atoms with Gasteiger partial charge in [-0.3, -0.25) is 0 Å². The minimum Gasteiger partial charge on any atom is -0.394 e. The smallest absolute Gasteiger partial charge is 0.0821 e. The van der Waals surface area contributed by atoms with E-state index in [9.17, 15) is 0 Å². The highest BCUT2D eigenvalue weighted by molar-refractivity contribution is 7.81. The third-order valence-corrected chi connectivity index (χ3v) is 1.94. The van der Waals surface area contributed by atoms with E-state index in [1.165, 1.54) is 0 Å². The second-order valence-corrected chi connectivity index (χ2v) is 2.87. The number of thiol groups is 1. The van der Waals surface area contributed by atoms with Crippen molar-refractivity contribution in [3.8, 4) is 0 Å². The third kappa shape index (κ3) is 1.60. The molecule has 0 aromatic carbocycles. The number of aliphatic hydroxyl groups is 1. The Morgan fingerprint density at radius 1 is 1.78 bits per heavy atom. The minimum atomic E-state index is -0.300. The maximum Gasteiger partial charge on any atom is 0.0821 e. The van der Waals surface area contributed by atoms with Crippen LogP contribution < -0.4 is 0 Å². The largest absolute Gasteiger partial charge is 0.394 e. The highest BCUT2D eigenvalue weighted by Gasteiger charge is 2.28. The van der Waals surface area contributed by atoms with Gasteiger partial charge in [-0.25, -0.2) is 0 Å². The SMILES string of the molecule is [CH]C1O[C@H](CO)CC1S. The lowest BCUT2D eigenvalue weighted by atomic mass is 10.2. The van der Waals surface area contributed by atoms with Gasteiger partial charge in [0.25, 0.3) is 0 Å². The molecule has 0 aliphatic carbocycles. The fraction of sp³-hybridized carbons (Fsp3) is 0.833. The molecule has 0 amide bonds. The Hall–Kier alpha value is 0.270. The Kier molecular flexibility index (Phi) is 2.38. The average molecular weight is 146 g/mol. The van der Waals surface area contributed by atoms with E-state index in [0.717, 1.165) is 6.42 Å². The molecule has 0 spiro atoms. The first-order chi connectivity index (χ1) is 4.24. The summed E-state index contributed by atoms with van der Waals surface area (Å²) in [5, 5.41) is 8.67. The van der Waals surface area contributed by atoms with Gasteiger partial charge in [0.1, 0.15) is 0 Å². The van der Waals surface area contributed by atoms with Crippen molar-refractivity contribution in [3.05, 3.63) is 6.92 Å². The number of ether oxygens (including phenoxy) is 1. The van der Waals surface area contributed by atoms with Crippen LogP contribution in [-0.2, 0) is 4.74 Å². The molecule has 1 saturated heterocycles. The van der Waals surface area contributed by atoms with Crippen LogP contribution in [0, 0.1) is 6.92 Å². The van der Waals surface area contributed by atoms with E-state index < -0.39 is 0 Å². The van der Waals surface area contributed by atoms with Crippen LogP contribution in [0.5, 0.6) is 0 Å². The number of rotatable bonds is 1. The molecule has 0 bridgehead atoms. The normalized spacial score (nSPS) is 43.7. The molecule has 1 heterocycles. The first-order valence-corrected chi connectivity index (χ1v) is 3.45. The topological polar surface area (TPSA) is 29.5 Å². The summed E-state index contributed by atoms with van der Waals surface area (Å²) in [6.07, 6.45) is 0.355. The van der Waals surface area contributed by atoms with Gasteiger partial charge >= 0.3 is 0 Å². The van der Waals surface area contributed by atoms with Gasteiger partial charge in [-0.2, -0.15) is 12.6 Å². The predicted molar refractivity (Wildman–Crippen MR) is 37.4 cm³/mol. The molecule has 1 rings (SSSR count). The fourth-order valence-electron chi connectivity index (χ4n) is 0.890. The number of hydrogen-bond donors (Lipinski definition) is 2. The summed E-state index contributed by atoms with van der Waals surface area (Å²) in [5.74, 6) is 0. The predicted octanol–water partition coefficient (Wildman–Crippen LogP) is 0.146. The van der Waals surface area contributed by atoms with Crippen LogP contribution in [0.1, 0.15) is 6.42 Å². The second kappa shape index (κ2) is 2.90. The molecule has 3 atom stereocenters. The zero-order valence-corrected chi connectivity index (χ0v) is 5.92. The zero-order chi connectivity index (χ0) is 6.85. The molecular weight excluding hydrogens is 136 g/mol. The van der Waals surface area contributed by atoms with E-state index in [2.05, 4.69) is 12.6 Å². The summed E-state index contributed by atoms with van der Waals surface area (Å²) >= 11 is 4.14. The second-order valence-electron chi connectivity index (χ2n) is 2.21. The molecule has 0 aromatic rings. The Bertz CT molecular complexity index is 87.1. The molecule has 3 heteroatoms. The molecule has 1 N–H and O–H groups in total. The summed E-state index contributed by atoms with van der Waals surface area (Å²) in [6, 6.07) is 0. The highest BCUT2D eigenvalue weighted by Crippen LogP contribution is 2.23. The molecule has 9 heavy (non-hydrogen) atoms. The van der Waals surface area contributed by atoms with Crippen LogP contribution >= 0.6 is 12.6 Å². The lowest BCUT2D eigenvalue weighted by Gasteiger charge is -2.05. The average Bonchev–Trinajstić information content (AvgIpc) is 2.13. The zero-order valence-electron chi connectivity index (χ0n) is 5.03. The van der Waals surface area contributed by atoms with Crippen molar-refractivity contribution in [1.29, 1.82) is 0 Å². The minimum absolute atomic E-state index is 0.0464. The molecule has 1 aliphatic heterocycles. The standard InChI is InChI=1S/C6H10O2S/c1-4-6(9)2-5(3-7)8-4/h1,4-7,9H,2-3H2/t4?,5-,6?/m0/s1. The maximum absolute atomic E-state index is 8.59. The third-order valence-electron chi connectivity index (χ3n) is 1.44. The van der Waals surface area contributed by atoms with Crippen molar-refractivity contribution < 1.29 is 9.84 Å². The van der Waals surface area contributed by atoms with Crippen molar-refractivity contribution in [2.75, 3.05) is 6.61 Å². The van der Waals surface area contributed by atoms with Gasteiger partial charge in [0.15, 0.2) is 0 Å². The molecular formula is C6H10O2S. The fourth-order valence-corrected chi connectivity index (χ4v) is 1.19. The van der Waals surface area contributed by atoms with Crippen molar-refractivity contribution >= 4 is 12.6 Å². The molecule has 52 valence electrons. The van der Waals surface area contributed by atoms with Crippen LogP contribution in [0.25, 0.3) is 0 Å². The Morgan fingerprint density at radius 3 is 2.67 bits per heavy atom. The Labute approximate surface area is 60.6 Å². The summed E-state index contributed by atoms with van der Waals surface area (Å²) in [5.41, 5.74) is 0. The van der Waals surface area contributed by atoms with E-state index in [0.29, 0.717) is 0 Å². The van der Waals surface area contributed by atoms with Crippen LogP contribution in [-0.4, -0.2) is 29.2 Å². The van der Waals surface area contributed by atoms with Crippen LogP contribution in [0.4, 0.5) is 0 Å². The summed E-state index contributed by atoms with van der Waals surface area (Å²) in [4.78, 5) is 0. The summed E-state index contributed by atoms with van der Waals surface area (Å²) in [6.45, 7) is 5.48. The van der Waals surface area contributed by atoms with E-state index in [-0.39, 0.29) is 24.1 Å². The van der Waals surface area contributed by atoms with Gasteiger partial charge in [0, 0.05) is 5.25 Å². The van der Waals surface area contributed by atoms with Gasteiger partial charge in [0.05, 0.1) is 18.8 Å². The lowest BCUT2D eigenvalue weighted by Crippen LogP contribution is -2.13. The first-order valence-electron chi connectivity index (χ1n) is 2.94. The maximum atomic E-state index is 8.59. The van der Waals surface area contributed by atoms with Crippen molar-refractivity contribution in [2.45, 2.75) is 23.9 Å². The van der Waals surface area contributed by atoms with Gasteiger partial charge in [-0.05, 0) is 13.3 Å². The van der Waals surface area contributed by atoms with Crippen molar-refractivity contribution in [2.24, 2.45) is 0 Å². The molecule has 2 nitrogen and oxygen atoms in total. The number of aliphatic hydroxyl groups excluding tert-OH is 1.